The third-order valence-electron chi connectivity index (χ3n) is 2.37. The highest BCUT2D eigenvalue weighted by atomic mass is 32.2. The van der Waals surface area contributed by atoms with E-state index in [2.05, 4.69) is 24.4 Å². The summed E-state index contributed by atoms with van der Waals surface area (Å²) in [6, 6.07) is 3.82. The van der Waals surface area contributed by atoms with Crippen molar-refractivity contribution in [2.45, 2.75) is 24.8 Å². The molecule has 1 aromatic heterocycles. The van der Waals surface area contributed by atoms with Gasteiger partial charge >= 0.3 is 5.97 Å². The molecule has 1 aromatic rings. The van der Waals surface area contributed by atoms with Crippen molar-refractivity contribution < 1.29 is 9.90 Å². The van der Waals surface area contributed by atoms with Gasteiger partial charge in [0.1, 0.15) is 6.04 Å². The first-order chi connectivity index (χ1) is 7.20. The summed E-state index contributed by atoms with van der Waals surface area (Å²) in [5, 5.41) is 12.1. The van der Waals surface area contributed by atoms with Gasteiger partial charge in [0.05, 0.1) is 5.37 Å². The zero-order valence-corrected chi connectivity index (χ0v) is 10.0. The van der Waals surface area contributed by atoms with E-state index in [4.69, 9.17) is 5.11 Å². The smallest absolute Gasteiger partial charge is 0.321 e. The van der Waals surface area contributed by atoms with Crippen LogP contribution in [0.15, 0.2) is 12.1 Å². The minimum absolute atomic E-state index is 0.163. The van der Waals surface area contributed by atoms with Crippen LogP contribution in [0.3, 0.4) is 0 Å². The van der Waals surface area contributed by atoms with Crippen LogP contribution in [0.5, 0.6) is 0 Å². The number of hydrogen-bond donors (Lipinski definition) is 2. The third kappa shape index (κ3) is 2.35. The Morgan fingerprint density at radius 1 is 1.67 bits per heavy atom. The monoisotopic (exact) mass is 243 g/mol. The van der Waals surface area contributed by atoms with E-state index in [1.54, 1.807) is 23.1 Å². The molecule has 1 aliphatic rings. The van der Waals surface area contributed by atoms with Gasteiger partial charge in [-0.2, -0.15) is 0 Å². The summed E-state index contributed by atoms with van der Waals surface area (Å²) in [6.45, 7) is 2.13. The molecule has 2 heterocycles. The molecule has 15 heavy (non-hydrogen) atoms. The number of aliphatic carboxylic acids is 1. The number of carbonyl (C=O) groups is 1. The fraction of sp³-hybridized carbons (Fsp3) is 0.500. The van der Waals surface area contributed by atoms with Crippen LogP contribution < -0.4 is 5.32 Å². The van der Waals surface area contributed by atoms with E-state index in [1.807, 2.05) is 0 Å². The summed E-state index contributed by atoms with van der Waals surface area (Å²) in [6.07, 6.45) is 1.05. The van der Waals surface area contributed by atoms with E-state index < -0.39 is 12.0 Å². The molecular formula is C10H13NO2S2. The SMILES string of the molecule is CCc1ccc([C@H]2N[C@H](C(=O)O)CS2)s1. The van der Waals surface area contributed by atoms with Gasteiger partial charge in [0, 0.05) is 15.5 Å². The molecule has 0 amide bonds. The molecule has 2 rings (SSSR count). The predicted octanol–water partition coefficient (Wildman–Crippen LogP) is 2.10. The Morgan fingerprint density at radius 3 is 3.00 bits per heavy atom. The molecule has 0 aliphatic carbocycles. The molecule has 0 spiro atoms. The van der Waals surface area contributed by atoms with Crippen molar-refractivity contribution in [3.63, 3.8) is 0 Å². The van der Waals surface area contributed by atoms with Crippen molar-refractivity contribution in [3.05, 3.63) is 21.9 Å². The number of hydrogen-bond acceptors (Lipinski definition) is 4. The van der Waals surface area contributed by atoms with Crippen LogP contribution in [0.25, 0.3) is 0 Å². The molecule has 1 saturated heterocycles. The topological polar surface area (TPSA) is 49.3 Å². The number of aryl methyl sites for hydroxylation is 1. The van der Waals surface area contributed by atoms with E-state index in [0.717, 1.165) is 6.42 Å². The average Bonchev–Trinajstić information content (AvgIpc) is 2.86. The van der Waals surface area contributed by atoms with Gasteiger partial charge in [0.2, 0.25) is 0 Å². The number of carboxylic acids is 1. The van der Waals surface area contributed by atoms with Gasteiger partial charge < -0.3 is 5.11 Å². The van der Waals surface area contributed by atoms with Gasteiger partial charge in [0.25, 0.3) is 0 Å². The van der Waals surface area contributed by atoms with Crippen LogP contribution in [-0.4, -0.2) is 22.9 Å². The Balaban J connectivity index is 2.04. The van der Waals surface area contributed by atoms with Gasteiger partial charge in [0.15, 0.2) is 0 Å². The first kappa shape index (κ1) is 11.0. The van der Waals surface area contributed by atoms with Crippen LogP contribution >= 0.6 is 23.1 Å². The Kier molecular flexibility index (Phi) is 3.33. The van der Waals surface area contributed by atoms with E-state index >= 15 is 0 Å². The van der Waals surface area contributed by atoms with Crippen LogP contribution in [0.4, 0.5) is 0 Å². The minimum atomic E-state index is -0.753. The molecule has 82 valence electrons. The highest BCUT2D eigenvalue weighted by molar-refractivity contribution is 7.99. The van der Waals surface area contributed by atoms with Gasteiger partial charge in [-0.1, -0.05) is 6.92 Å². The summed E-state index contributed by atoms with van der Waals surface area (Å²) in [5.74, 6) is -0.100. The van der Waals surface area contributed by atoms with Gasteiger partial charge in [-0.3, -0.25) is 10.1 Å². The molecule has 2 atom stereocenters. The second-order valence-electron chi connectivity index (χ2n) is 3.43. The van der Waals surface area contributed by atoms with Crippen molar-refractivity contribution in [1.82, 2.24) is 5.32 Å². The van der Waals surface area contributed by atoms with Crippen molar-refractivity contribution in [2.75, 3.05) is 5.75 Å². The highest BCUT2D eigenvalue weighted by Crippen LogP contribution is 2.36. The summed E-state index contributed by atoms with van der Waals surface area (Å²) in [7, 11) is 0. The summed E-state index contributed by atoms with van der Waals surface area (Å²) < 4.78 is 0. The normalized spacial score (nSPS) is 25.7. The number of thioether (sulfide) groups is 1. The Bertz CT molecular complexity index is 364. The number of rotatable bonds is 3. The van der Waals surface area contributed by atoms with Gasteiger partial charge in [-0.15, -0.1) is 23.1 Å². The lowest BCUT2D eigenvalue weighted by molar-refractivity contribution is -0.138. The maximum atomic E-state index is 10.8. The van der Waals surface area contributed by atoms with Crippen LogP contribution in [0.1, 0.15) is 22.1 Å². The van der Waals surface area contributed by atoms with Gasteiger partial charge in [-0.25, -0.2) is 0 Å². The fourth-order valence-corrected chi connectivity index (χ4v) is 3.87. The average molecular weight is 243 g/mol. The Labute approximate surface area is 96.9 Å². The Morgan fingerprint density at radius 2 is 2.47 bits per heavy atom. The third-order valence-corrected chi connectivity index (χ3v) is 5.06. The van der Waals surface area contributed by atoms with Crippen molar-refractivity contribution >= 4 is 29.1 Å². The van der Waals surface area contributed by atoms with E-state index in [1.165, 1.54) is 9.75 Å². The zero-order valence-electron chi connectivity index (χ0n) is 8.40. The summed E-state index contributed by atoms with van der Waals surface area (Å²) >= 11 is 3.44. The lowest BCUT2D eigenvalue weighted by Gasteiger charge is -2.07. The second kappa shape index (κ2) is 4.55. The lowest BCUT2D eigenvalue weighted by Crippen LogP contribution is -2.33. The standard InChI is InChI=1S/C10H13NO2S2/c1-2-6-3-4-8(15-6)9-11-7(5-14-9)10(12)13/h3-4,7,9,11H,2,5H2,1H3,(H,12,13)/t7-,9-/m0/s1. The second-order valence-corrected chi connectivity index (χ2v) is 5.77. The van der Waals surface area contributed by atoms with Crippen molar-refractivity contribution in [3.8, 4) is 0 Å². The van der Waals surface area contributed by atoms with E-state index in [9.17, 15) is 4.79 Å². The van der Waals surface area contributed by atoms with Crippen LogP contribution in [-0.2, 0) is 11.2 Å². The quantitative estimate of drug-likeness (QED) is 0.853. The highest BCUT2D eigenvalue weighted by Gasteiger charge is 2.30. The molecule has 2 N–H and O–H groups in total. The zero-order chi connectivity index (χ0) is 10.8. The van der Waals surface area contributed by atoms with Crippen LogP contribution in [0, 0.1) is 0 Å². The van der Waals surface area contributed by atoms with Crippen molar-refractivity contribution in [1.29, 1.82) is 0 Å². The van der Waals surface area contributed by atoms with E-state index in [0.29, 0.717) is 5.75 Å². The minimum Gasteiger partial charge on any atom is -0.480 e. The molecule has 1 aliphatic heterocycles. The largest absolute Gasteiger partial charge is 0.480 e. The molecule has 0 radical (unpaired) electrons. The number of nitrogens with one attached hydrogen (secondary N) is 1. The number of thiophene rings is 1. The summed E-state index contributed by atoms with van der Waals surface area (Å²) in [4.78, 5) is 13.4. The first-order valence-electron chi connectivity index (χ1n) is 4.89. The van der Waals surface area contributed by atoms with Crippen molar-refractivity contribution in [2.24, 2.45) is 0 Å². The Hall–Kier alpha value is -0.520. The molecule has 3 nitrogen and oxygen atoms in total. The van der Waals surface area contributed by atoms with E-state index in [-0.39, 0.29) is 5.37 Å². The molecule has 1 fully saturated rings. The number of carboxylic acid groups (broad SMARTS) is 1. The fourth-order valence-electron chi connectivity index (χ4n) is 1.50. The lowest BCUT2D eigenvalue weighted by atomic mass is 10.3. The molecule has 0 unspecified atom stereocenters. The first-order valence-corrected chi connectivity index (χ1v) is 6.76. The molecule has 0 saturated carbocycles. The molecule has 0 aromatic carbocycles. The molecule has 0 bridgehead atoms. The maximum Gasteiger partial charge on any atom is 0.321 e. The predicted molar refractivity (Wildman–Crippen MR) is 63.5 cm³/mol. The van der Waals surface area contributed by atoms with Crippen LogP contribution in [0.2, 0.25) is 0 Å². The molecular weight excluding hydrogens is 230 g/mol. The van der Waals surface area contributed by atoms with Gasteiger partial charge in [-0.05, 0) is 18.6 Å². The molecule has 5 heteroatoms. The summed E-state index contributed by atoms with van der Waals surface area (Å²) in [5.41, 5.74) is 0. The maximum absolute atomic E-state index is 10.8.